The topological polar surface area (TPSA) is 26.3 Å². The van der Waals surface area contributed by atoms with Gasteiger partial charge >= 0.3 is 0 Å². The lowest BCUT2D eigenvalue weighted by Crippen LogP contribution is -1.96. The van der Waals surface area contributed by atoms with Crippen LogP contribution in [-0.4, -0.2) is 12.4 Å². The smallest absolute Gasteiger partial charge is 0.139 e. The van der Waals surface area contributed by atoms with Crippen LogP contribution < -0.4 is 4.74 Å². The molecule has 0 saturated carbocycles. The maximum Gasteiger partial charge on any atom is 0.139 e. The molecule has 0 aliphatic carbocycles. The van der Waals surface area contributed by atoms with Crippen LogP contribution in [0.4, 0.5) is 0 Å². The summed E-state index contributed by atoms with van der Waals surface area (Å²) in [5.41, 5.74) is 2.79. The Labute approximate surface area is 134 Å². The molecule has 0 radical (unpaired) electrons. The van der Waals surface area contributed by atoms with Crippen molar-refractivity contribution in [2.24, 2.45) is 0 Å². The van der Waals surface area contributed by atoms with Crippen molar-refractivity contribution in [3.8, 4) is 16.9 Å². The molecule has 0 fully saturated rings. The summed E-state index contributed by atoms with van der Waals surface area (Å²) >= 11 is 12.5. The van der Waals surface area contributed by atoms with Crippen molar-refractivity contribution in [2.45, 2.75) is 20.3 Å². The molecule has 2 rings (SSSR count). The van der Waals surface area contributed by atoms with E-state index in [1.54, 1.807) is 19.1 Å². The molecular weight excluding hydrogens is 307 g/mol. The van der Waals surface area contributed by atoms with Crippen molar-refractivity contribution >= 4 is 29.0 Å². The van der Waals surface area contributed by atoms with Gasteiger partial charge < -0.3 is 4.74 Å². The lowest BCUT2D eigenvalue weighted by atomic mass is 10.0. The zero-order valence-corrected chi connectivity index (χ0v) is 13.5. The number of ketones is 1. The van der Waals surface area contributed by atoms with Crippen LogP contribution in [0.15, 0.2) is 36.4 Å². The fourth-order valence-corrected chi connectivity index (χ4v) is 2.59. The van der Waals surface area contributed by atoms with Crippen molar-refractivity contribution in [2.75, 3.05) is 6.61 Å². The fourth-order valence-electron chi connectivity index (χ4n) is 2.11. The molecular formula is C17H16Cl2O2. The number of ether oxygens (including phenoxy) is 1. The Morgan fingerprint density at radius 2 is 1.76 bits per heavy atom. The third kappa shape index (κ3) is 3.99. The van der Waals surface area contributed by atoms with E-state index in [-0.39, 0.29) is 5.78 Å². The molecule has 0 N–H and O–H groups in total. The highest BCUT2D eigenvalue weighted by Gasteiger charge is 2.10. The minimum Gasteiger partial charge on any atom is -0.492 e. The molecule has 0 amide bonds. The third-order valence-corrected chi connectivity index (χ3v) is 3.65. The first kappa shape index (κ1) is 15.9. The van der Waals surface area contributed by atoms with Crippen LogP contribution in [0.3, 0.4) is 0 Å². The Bertz CT molecular complexity index is 649. The number of Topliss-reactive ketones (excluding diaryl/α,β-unsaturated/α-hetero) is 1. The molecule has 0 heterocycles. The number of hydrogen-bond donors (Lipinski definition) is 0. The van der Waals surface area contributed by atoms with Gasteiger partial charge in [-0.25, -0.2) is 0 Å². The van der Waals surface area contributed by atoms with Gasteiger partial charge in [0.25, 0.3) is 0 Å². The molecule has 0 aromatic heterocycles. The molecule has 0 aliphatic heterocycles. The maximum atomic E-state index is 11.1. The van der Waals surface area contributed by atoms with E-state index < -0.39 is 0 Å². The Kier molecular flexibility index (Phi) is 5.27. The SMILES string of the molecule is CCOc1cc(Cl)c(-c2ccc(CC(C)=O)cc2)cc1Cl. The van der Waals surface area contributed by atoms with Crippen LogP contribution in [0.1, 0.15) is 19.4 Å². The highest BCUT2D eigenvalue weighted by atomic mass is 35.5. The van der Waals surface area contributed by atoms with Crippen LogP contribution in [0.25, 0.3) is 11.1 Å². The number of rotatable bonds is 5. The largest absolute Gasteiger partial charge is 0.492 e. The maximum absolute atomic E-state index is 11.1. The van der Waals surface area contributed by atoms with Gasteiger partial charge in [0, 0.05) is 18.1 Å². The fraction of sp³-hybridized carbons (Fsp3) is 0.235. The molecule has 0 unspecified atom stereocenters. The number of carbonyl (C=O) groups is 1. The lowest BCUT2D eigenvalue weighted by Gasteiger charge is -2.11. The summed E-state index contributed by atoms with van der Waals surface area (Å²) in [6.07, 6.45) is 0.443. The van der Waals surface area contributed by atoms with E-state index >= 15 is 0 Å². The van der Waals surface area contributed by atoms with Gasteiger partial charge in [-0.15, -0.1) is 0 Å². The van der Waals surface area contributed by atoms with Crippen LogP contribution in [0.5, 0.6) is 5.75 Å². The number of benzene rings is 2. The third-order valence-electron chi connectivity index (χ3n) is 3.04. The van der Waals surface area contributed by atoms with E-state index in [4.69, 9.17) is 27.9 Å². The van der Waals surface area contributed by atoms with Gasteiger partial charge in [0.05, 0.1) is 16.7 Å². The zero-order valence-electron chi connectivity index (χ0n) is 12.0. The molecule has 0 saturated heterocycles. The van der Waals surface area contributed by atoms with Crippen molar-refractivity contribution < 1.29 is 9.53 Å². The molecule has 4 heteroatoms. The van der Waals surface area contributed by atoms with Gasteiger partial charge in [-0.1, -0.05) is 47.5 Å². The highest BCUT2D eigenvalue weighted by molar-refractivity contribution is 6.36. The second-order valence-corrected chi connectivity index (χ2v) is 5.59. The van der Waals surface area contributed by atoms with Crippen LogP contribution in [0.2, 0.25) is 10.0 Å². The molecule has 0 aliphatic rings. The van der Waals surface area contributed by atoms with Gasteiger partial charge in [0.1, 0.15) is 11.5 Å². The Hall–Kier alpha value is -1.51. The molecule has 0 bridgehead atoms. The van der Waals surface area contributed by atoms with E-state index in [1.807, 2.05) is 31.2 Å². The van der Waals surface area contributed by atoms with E-state index in [2.05, 4.69) is 0 Å². The van der Waals surface area contributed by atoms with Crippen molar-refractivity contribution in [1.29, 1.82) is 0 Å². The van der Waals surface area contributed by atoms with Gasteiger partial charge in [-0.2, -0.15) is 0 Å². The van der Waals surface area contributed by atoms with Gasteiger partial charge in [-0.3, -0.25) is 4.79 Å². The molecule has 0 atom stereocenters. The van der Waals surface area contributed by atoms with E-state index in [0.29, 0.717) is 28.8 Å². The minimum absolute atomic E-state index is 0.143. The van der Waals surface area contributed by atoms with Crippen molar-refractivity contribution in [3.63, 3.8) is 0 Å². The van der Waals surface area contributed by atoms with Crippen molar-refractivity contribution in [1.82, 2.24) is 0 Å². The molecule has 21 heavy (non-hydrogen) atoms. The predicted molar refractivity (Wildman–Crippen MR) is 87.5 cm³/mol. The summed E-state index contributed by atoms with van der Waals surface area (Å²) in [5, 5.41) is 1.12. The van der Waals surface area contributed by atoms with Gasteiger partial charge in [0.2, 0.25) is 0 Å². The molecule has 2 aromatic carbocycles. The summed E-state index contributed by atoms with van der Waals surface area (Å²) in [5.74, 6) is 0.728. The number of hydrogen-bond acceptors (Lipinski definition) is 2. The van der Waals surface area contributed by atoms with Gasteiger partial charge in [0.15, 0.2) is 0 Å². The molecule has 0 spiro atoms. The highest BCUT2D eigenvalue weighted by Crippen LogP contribution is 2.36. The van der Waals surface area contributed by atoms with E-state index in [0.717, 1.165) is 16.7 Å². The Morgan fingerprint density at radius 1 is 1.10 bits per heavy atom. The van der Waals surface area contributed by atoms with E-state index in [1.165, 1.54) is 0 Å². The Morgan fingerprint density at radius 3 is 2.33 bits per heavy atom. The lowest BCUT2D eigenvalue weighted by molar-refractivity contribution is -0.116. The average molecular weight is 323 g/mol. The first-order valence-corrected chi connectivity index (χ1v) is 7.47. The number of halogens is 2. The quantitative estimate of drug-likeness (QED) is 0.757. The summed E-state index contributed by atoms with van der Waals surface area (Å²) < 4.78 is 5.42. The zero-order chi connectivity index (χ0) is 15.4. The summed E-state index contributed by atoms with van der Waals surface area (Å²) in [7, 11) is 0. The second kappa shape index (κ2) is 6.97. The van der Waals surface area contributed by atoms with Crippen LogP contribution in [-0.2, 0) is 11.2 Å². The summed E-state index contributed by atoms with van der Waals surface area (Å²) in [4.78, 5) is 11.1. The summed E-state index contributed by atoms with van der Waals surface area (Å²) in [6, 6.07) is 11.3. The van der Waals surface area contributed by atoms with Gasteiger partial charge in [-0.05, 0) is 31.0 Å². The second-order valence-electron chi connectivity index (χ2n) is 4.77. The van der Waals surface area contributed by atoms with Crippen LogP contribution in [0, 0.1) is 0 Å². The Balaban J connectivity index is 2.33. The molecule has 2 aromatic rings. The normalized spacial score (nSPS) is 10.5. The predicted octanol–water partition coefficient (Wildman–Crippen LogP) is 5.19. The monoisotopic (exact) mass is 322 g/mol. The van der Waals surface area contributed by atoms with Crippen LogP contribution >= 0.6 is 23.2 Å². The first-order valence-electron chi connectivity index (χ1n) is 6.72. The number of carbonyl (C=O) groups excluding carboxylic acids is 1. The first-order chi connectivity index (χ1) is 10.0. The van der Waals surface area contributed by atoms with Crippen molar-refractivity contribution in [3.05, 3.63) is 52.0 Å². The summed E-state index contributed by atoms with van der Waals surface area (Å²) in [6.45, 7) is 4.01. The molecule has 2 nitrogen and oxygen atoms in total. The molecule has 110 valence electrons. The van der Waals surface area contributed by atoms with E-state index in [9.17, 15) is 4.79 Å². The average Bonchev–Trinajstić information content (AvgIpc) is 2.43. The standard InChI is InChI=1S/C17H16Cl2O2/c1-3-21-17-10-15(18)14(9-16(17)19)13-6-4-12(5-7-13)8-11(2)20/h4-7,9-10H,3,8H2,1-2H3. The minimum atomic E-state index is 0.143.